The molecular weight excluding hydrogens is 257 g/mol. The van der Waals surface area contributed by atoms with Crippen molar-refractivity contribution >= 4 is 5.91 Å². The Labute approximate surface area is 109 Å². The lowest BCUT2D eigenvalue weighted by Crippen LogP contribution is -2.47. The van der Waals surface area contributed by atoms with E-state index in [1.165, 1.54) is 30.1 Å². The molecule has 0 spiro atoms. The maximum Gasteiger partial charge on any atom is 0.416 e. The van der Waals surface area contributed by atoms with Crippen LogP contribution in [-0.4, -0.2) is 23.9 Å². The number of halogens is 3. The number of likely N-dealkylation sites (tertiary alicyclic amines) is 1. The average molecular weight is 272 g/mol. The Kier molecular flexibility index (Phi) is 3.54. The first-order valence-corrected chi connectivity index (χ1v) is 5.99. The SMILES string of the molecule is CN1C(=O)CCC(N)C1c1ccccc1C(F)(F)F. The highest BCUT2D eigenvalue weighted by Crippen LogP contribution is 2.38. The molecule has 19 heavy (non-hydrogen) atoms. The van der Waals surface area contributed by atoms with Crippen molar-refractivity contribution < 1.29 is 18.0 Å². The van der Waals surface area contributed by atoms with Gasteiger partial charge in [0.25, 0.3) is 0 Å². The molecule has 6 heteroatoms. The minimum atomic E-state index is -4.45. The Morgan fingerprint density at radius 1 is 1.32 bits per heavy atom. The molecule has 3 nitrogen and oxygen atoms in total. The molecule has 2 atom stereocenters. The number of carbonyl (C=O) groups is 1. The molecule has 2 N–H and O–H groups in total. The lowest BCUT2D eigenvalue weighted by atomic mass is 9.88. The normalized spacial score (nSPS) is 24.7. The number of hydrogen-bond acceptors (Lipinski definition) is 2. The van der Waals surface area contributed by atoms with Gasteiger partial charge in [-0.3, -0.25) is 4.79 Å². The standard InChI is InChI=1S/C13H15F3N2O/c1-18-11(19)7-6-10(17)12(18)8-4-2-3-5-9(8)13(14,15)16/h2-5,10,12H,6-7,17H2,1H3. The van der Waals surface area contributed by atoms with Gasteiger partial charge in [0.05, 0.1) is 11.6 Å². The second kappa shape index (κ2) is 4.85. The van der Waals surface area contributed by atoms with Gasteiger partial charge in [-0.1, -0.05) is 18.2 Å². The number of nitrogens with two attached hydrogens (primary N) is 1. The summed E-state index contributed by atoms with van der Waals surface area (Å²) in [6, 6.07) is 4.08. The zero-order valence-corrected chi connectivity index (χ0v) is 10.4. The number of likely N-dealkylation sites (N-methyl/N-ethyl adjacent to an activating group) is 1. The summed E-state index contributed by atoms with van der Waals surface area (Å²) in [5.74, 6) is -0.177. The first-order chi connectivity index (χ1) is 8.82. The van der Waals surface area contributed by atoms with Crippen LogP contribution in [0.4, 0.5) is 13.2 Å². The number of hydrogen-bond donors (Lipinski definition) is 1. The van der Waals surface area contributed by atoms with Crippen LogP contribution < -0.4 is 5.73 Å². The number of alkyl halides is 3. The number of piperidine rings is 1. The summed E-state index contributed by atoms with van der Waals surface area (Å²) in [7, 11) is 1.50. The summed E-state index contributed by atoms with van der Waals surface area (Å²) in [4.78, 5) is 13.0. The molecule has 1 saturated heterocycles. The smallest absolute Gasteiger partial charge is 0.337 e. The minimum absolute atomic E-state index is 0.0676. The summed E-state index contributed by atoms with van der Waals surface area (Å²) < 4.78 is 39.0. The first kappa shape index (κ1) is 13.9. The highest BCUT2D eigenvalue weighted by molar-refractivity contribution is 5.77. The molecule has 1 aliphatic heterocycles. The lowest BCUT2D eigenvalue weighted by Gasteiger charge is -2.38. The third-order valence-corrected chi connectivity index (χ3v) is 3.49. The molecule has 2 rings (SSSR count). The zero-order valence-electron chi connectivity index (χ0n) is 10.4. The molecule has 1 fully saturated rings. The molecule has 1 aromatic carbocycles. The van der Waals surface area contributed by atoms with E-state index in [1.807, 2.05) is 0 Å². The number of nitrogens with zero attached hydrogens (tertiary/aromatic N) is 1. The largest absolute Gasteiger partial charge is 0.416 e. The van der Waals surface area contributed by atoms with Crippen molar-refractivity contribution in [3.05, 3.63) is 35.4 Å². The fourth-order valence-electron chi connectivity index (χ4n) is 2.52. The zero-order chi connectivity index (χ0) is 14.2. The van der Waals surface area contributed by atoms with Crippen LogP contribution in [0.3, 0.4) is 0 Å². The second-order valence-electron chi connectivity index (χ2n) is 4.74. The fourth-order valence-corrected chi connectivity index (χ4v) is 2.52. The van der Waals surface area contributed by atoms with E-state index >= 15 is 0 Å². The van der Waals surface area contributed by atoms with Crippen molar-refractivity contribution in [1.82, 2.24) is 4.90 Å². The molecule has 0 radical (unpaired) electrons. The molecule has 0 saturated carbocycles. The summed E-state index contributed by atoms with van der Waals surface area (Å²) in [5.41, 5.74) is 5.26. The van der Waals surface area contributed by atoms with Gasteiger partial charge < -0.3 is 10.6 Å². The Balaban J connectivity index is 2.48. The Hall–Kier alpha value is -1.56. The topological polar surface area (TPSA) is 46.3 Å². The van der Waals surface area contributed by atoms with E-state index in [2.05, 4.69) is 0 Å². The highest BCUT2D eigenvalue weighted by atomic mass is 19.4. The van der Waals surface area contributed by atoms with Gasteiger partial charge >= 0.3 is 6.18 Å². The maximum atomic E-state index is 13.0. The number of rotatable bonds is 1. The fraction of sp³-hybridized carbons (Fsp3) is 0.462. The van der Waals surface area contributed by atoms with Crippen LogP contribution in [0, 0.1) is 0 Å². The molecule has 0 aromatic heterocycles. The first-order valence-electron chi connectivity index (χ1n) is 5.99. The van der Waals surface area contributed by atoms with Crippen LogP contribution in [0.15, 0.2) is 24.3 Å². The van der Waals surface area contributed by atoms with Gasteiger partial charge in [-0.05, 0) is 18.1 Å². The van der Waals surface area contributed by atoms with Crippen molar-refractivity contribution in [2.75, 3.05) is 7.05 Å². The monoisotopic (exact) mass is 272 g/mol. The van der Waals surface area contributed by atoms with Crippen LogP contribution >= 0.6 is 0 Å². The molecule has 1 amide bonds. The van der Waals surface area contributed by atoms with Crippen molar-refractivity contribution in [3.8, 4) is 0 Å². The predicted molar refractivity (Wildman–Crippen MR) is 64.2 cm³/mol. The van der Waals surface area contributed by atoms with Gasteiger partial charge in [0, 0.05) is 19.5 Å². The summed E-state index contributed by atoms with van der Waals surface area (Å²) in [6.45, 7) is 0. The van der Waals surface area contributed by atoms with E-state index < -0.39 is 23.8 Å². The van der Waals surface area contributed by atoms with E-state index in [-0.39, 0.29) is 17.9 Å². The van der Waals surface area contributed by atoms with Gasteiger partial charge in [-0.15, -0.1) is 0 Å². The van der Waals surface area contributed by atoms with Crippen molar-refractivity contribution in [2.24, 2.45) is 5.73 Å². The van der Waals surface area contributed by atoms with Gasteiger partial charge in [0.1, 0.15) is 0 Å². The van der Waals surface area contributed by atoms with Gasteiger partial charge in [0.2, 0.25) is 5.91 Å². The predicted octanol–water partition coefficient (Wildman–Crippen LogP) is 2.33. The van der Waals surface area contributed by atoms with E-state index in [9.17, 15) is 18.0 Å². The van der Waals surface area contributed by atoms with E-state index in [1.54, 1.807) is 0 Å². The average Bonchev–Trinajstić information content (AvgIpc) is 2.34. The third-order valence-electron chi connectivity index (χ3n) is 3.49. The second-order valence-corrected chi connectivity index (χ2v) is 4.74. The Morgan fingerprint density at radius 2 is 1.95 bits per heavy atom. The van der Waals surface area contributed by atoms with Gasteiger partial charge in [-0.2, -0.15) is 13.2 Å². The number of amides is 1. The molecule has 1 heterocycles. The molecule has 0 bridgehead atoms. The van der Waals surface area contributed by atoms with E-state index in [0.717, 1.165) is 6.07 Å². The number of benzene rings is 1. The van der Waals surface area contributed by atoms with Crippen LogP contribution in [-0.2, 0) is 11.0 Å². The van der Waals surface area contributed by atoms with Crippen LogP contribution in [0.25, 0.3) is 0 Å². The molecular formula is C13H15F3N2O. The Bertz CT molecular complexity index is 487. The molecule has 1 aromatic rings. The summed E-state index contributed by atoms with van der Waals surface area (Å²) in [5, 5.41) is 0. The van der Waals surface area contributed by atoms with E-state index in [0.29, 0.717) is 6.42 Å². The Morgan fingerprint density at radius 3 is 2.58 bits per heavy atom. The van der Waals surface area contributed by atoms with Gasteiger partial charge in [0.15, 0.2) is 0 Å². The quantitative estimate of drug-likeness (QED) is 0.852. The number of carbonyl (C=O) groups excluding carboxylic acids is 1. The molecule has 0 aliphatic carbocycles. The van der Waals surface area contributed by atoms with Gasteiger partial charge in [-0.25, -0.2) is 0 Å². The third kappa shape index (κ3) is 2.58. The molecule has 2 unspecified atom stereocenters. The molecule has 104 valence electrons. The van der Waals surface area contributed by atoms with Crippen molar-refractivity contribution in [2.45, 2.75) is 31.1 Å². The van der Waals surface area contributed by atoms with Crippen molar-refractivity contribution in [1.29, 1.82) is 0 Å². The highest BCUT2D eigenvalue weighted by Gasteiger charge is 2.40. The minimum Gasteiger partial charge on any atom is -0.337 e. The van der Waals surface area contributed by atoms with Crippen LogP contribution in [0.5, 0.6) is 0 Å². The van der Waals surface area contributed by atoms with Crippen molar-refractivity contribution in [3.63, 3.8) is 0 Å². The van der Waals surface area contributed by atoms with E-state index in [4.69, 9.17) is 5.73 Å². The summed E-state index contributed by atoms with van der Waals surface area (Å²) in [6.07, 6.45) is -3.76. The van der Waals surface area contributed by atoms with Crippen LogP contribution in [0.2, 0.25) is 0 Å². The van der Waals surface area contributed by atoms with Crippen LogP contribution in [0.1, 0.15) is 30.0 Å². The lowest BCUT2D eigenvalue weighted by molar-refractivity contribution is -0.142. The maximum absolute atomic E-state index is 13.0. The summed E-state index contributed by atoms with van der Waals surface area (Å²) >= 11 is 0. The molecule has 1 aliphatic rings.